The first-order chi connectivity index (χ1) is 23.9. The molecule has 10 nitrogen and oxygen atoms in total. The molecule has 0 aliphatic carbocycles. The van der Waals surface area contributed by atoms with Crippen molar-refractivity contribution >= 4 is 17.7 Å². The zero-order valence-electron chi connectivity index (χ0n) is 27.2. The fraction of sp³-hybridized carbons (Fsp3) is 0.333. The second-order valence-electron chi connectivity index (χ2n) is 13.2. The molecule has 0 unspecified atom stereocenters. The maximum atomic E-state index is 16.8. The van der Waals surface area contributed by atoms with Crippen molar-refractivity contribution in [2.75, 3.05) is 13.2 Å². The number of carbonyl (C=O) groups excluding carboxylic acids is 1. The number of likely N-dealkylation sites (tertiary alicyclic amines) is 1. The Balaban J connectivity index is 1.38. The number of nitriles is 1. The van der Waals surface area contributed by atoms with Crippen LogP contribution in [0.3, 0.4) is 0 Å². The first-order valence-corrected chi connectivity index (χ1v) is 16.3. The summed E-state index contributed by atoms with van der Waals surface area (Å²) in [5.41, 5.74) is -2.67. The summed E-state index contributed by atoms with van der Waals surface area (Å²) in [6.45, 7) is 4.50. The molecule has 7 rings (SSSR count). The number of fused-ring (bicyclic) bond motifs is 3. The van der Waals surface area contributed by atoms with Crippen molar-refractivity contribution in [1.82, 2.24) is 14.7 Å². The number of ether oxygens (including phenoxy) is 4. The van der Waals surface area contributed by atoms with Crippen molar-refractivity contribution < 1.29 is 36.9 Å². The normalized spacial score (nSPS) is 19.0. The van der Waals surface area contributed by atoms with Crippen LogP contribution in [0.25, 0.3) is 11.1 Å². The van der Waals surface area contributed by atoms with Crippen LogP contribution < -0.4 is 19.8 Å². The highest BCUT2D eigenvalue weighted by atomic mass is 35.5. The quantitative estimate of drug-likeness (QED) is 0.182. The number of halogens is 4. The molecule has 3 aromatic carbocycles. The van der Waals surface area contributed by atoms with Crippen LogP contribution in [0.1, 0.15) is 50.3 Å². The Morgan fingerprint density at radius 2 is 1.86 bits per heavy atom. The van der Waals surface area contributed by atoms with E-state index >= 15 is 8.78 Å². The SMILES string of the molecule is CC(C)(C)OC(=O)N1CCC[C@H]1[C@@]1(c2ccccc2)Cc2c(cc(F)c(Cl)c2-c2c(C#N)cc3c(c2F)Oc2cnn(CCF)c(=O)c2O3)O1. The fourth-order valence-corrected chi connectivity index (χ4v) is 7.17. The van der Waals surface area contributed by atoms with Gasteiger partial charge in [0.1, 0.15) is 29.9 Å². The molecule has 1 saturated heterocycles. The highest BCUT2D eigenvalue weighted by molar-refractivity contribution is 6.34. The van der Waals surface area contributed by atoms with Gasteiger partial charge in [-0.05, 0) is 39.2 Å². The molecule has 0 saturated carbocycles. The van der Waals surface area contributed by atoms with Gasteiger partial charge in [-0.2, -0.15) is 10.4 Å². The smallest absolute Gasteiger partial charge is 0.410 e. The van der Waals surface area contributed by atoms with Crippen molar-refractivity contribution in [3.05, 3.63) is 92.4 Å². The summed E-state index contributed by atoms with van der Waals surface area (Å²) in [5.74, 6) is -3.38. The van der Waals surface area contributed by atoms with Crippen molar-refractivity contribution in [3.8, 4) is 45.9 Å². The molecule has 4 aromatic rings. The van der Waals surface area contributed by atoms with E-state index in [0.29, 0.717) is 30.5 Å². The molecule has 1 fully saturated rings. The van der Waals surface area contributed by atoms with E-state index in [1.807, 2.05) is 36.4 Å². The van der Waals surface area contributed by atoms with Gasteiger partial charge in [0.2, 0.25) is 11.5 Å². The van der Waals surface area contributed by atoms with E-state index in [4.69, 9.17) is 30.5 Å². The van der Waals surface area contributed by atoms with Crippen LogP contribution in [0.4, 0.5) is 18.0 Å². The predicted octanol–water partition coefficient (Wildman–Crippen LogP) is 7.81. The monoisotopic (exact) mass is 706 g/mol. The van der Waals surface area contributed by atoms with Gasteiger partial charge in [0.15, 0.2) is 22.9 Å². The molecule has 0 radical (unpaired) electrons. The zero-order valence-corrected chi connectivity index (χ0v) is 27.9. The Morgan fingerprint density at radius 3 is 2.56 bits per heavy atom. The van der Waals surface area contributed by atoms with E-state index < -0.39 is 58.0 Å². The number of hydrogen-bond acceptors (Lipinski definition) is 8. The van der Waals surface area contributed by atoms with Gasteiger partial charge in [0, 0.05) is 41.8 Å². The Bertz CT molecular complexity index is 2150. The number of rotatable bonds is 5. The first-order valence-electron chi connectivity index (χ1n) is 15.9. The van der Waals surface area contributed by atoms with E-state index in [1.165, 1.54) is 0 Å². The third kappa shape index (κ3) is 5.38. The lowest BCUT2D eigenvalue weighted by molar-refractivity contribution is -0.0216. The van der Waals surface area contributed by atoms with Crippen LogP contribution >= 0.6 is 11.6 Å². The number of aromatic nitrogens is 2. The van der Waals surface area contributed by atoms with Gasteiger partial charge in [-0.25, -0.2) is 22.6 Å². The number of aryl methyl sites for hydroxylation is 1. The lowest BCUT2D eigenvalue weighted by Gasteiger charge is -2.40. The number of hydrogen-bond donors (Lipinski definition) is 0. The van der Waals surface area contributed by atoms with Gasteiger partial charge < -0.3 is 23.8 Å². The van der Waals surface area contributed by atoms with Crippen molar-refractivity contribution in [2.24, 2.45) is 0 Å². The second-order valence-corrected chi connectivity index (χ2v) is 13.6. The summed E-state index contributed by atoms with van der Waals surface area (Å²) in [7, 11) is 0. The molecule has 3 aliphatic heterocycles. The van der Waals surface area contributed by atoms with Gasteiger partial charge in [0.05, 0.1) is 29.4 Å². The van der Waals surface area contributed by atoms with Gasteiger partial charge in [-0.1, -0.05) is 41.9 Å². The minimum absolute atomic E-state index is 0.0191. The number of benzene rings is 3. The number of carbonyl (C=O) groups is 1. The van der Waals surface area contributed by atoms with Crippen LogP contribution in [-0.4, -0.2) is 45.6 Å². The summed E-state index contributed by atoms with van der Waals surface area (Å²) >= 11 is 6.65. The Hall–Kier alpha value is -5.22. The molecule has 258 valence electrons. The lowest BCUT2D eigenvalue weighted by atomic mass is 9.79. The average molecular weight is 707 g/mol. The topological polar surface area (TPSA) is 116 Å². The molecule has 50 heavy (non-hydrogen) atoms. The van der Waals surface area contributed by atoms with Gasteiger partial charge in [0.25, 0.3) is 0 Å². The first kappa shape index (κ1) is 33.3. The Morgan fingerprint density at radius 1 is 1.12 bits per heavy atom. The summed E-state index contributed by atoms with van der Waals surface area (Å²) in [6, 6.07) is 12.8. The van der Waals surface area contributed by atoms with Crippen LogP contribution in [-0.2, 0) is 23.3 Å². The van der Waals surface area contributed by atoms with Gasteiger partial charge in [-0.3, -0.25) is 4.79 Å². The second kappa shape index (κ2) is 12.3. The van der Waals surface area contributed by atoms with Crippen LogP contribution in [0.2, 0.25) is 5.02 Å². The zero-order chi connectivity index (χ0) is 35.5. The minimum Gasteiger partial charge on any atom is -0.480 e. The van der Waals surface area contributed by atoms with Crippen molar-refractivity contribution in [2.45, 2.75) is 63.8 Å². The maximum absolute atomic E-state index is 16.8. The van der Waals surface area contributed by atoms with Gasteiger partial charge >= 0.3 is 11.7 Å². The lowest BCUT2D eigenvalue weighted by Crippen LogP contribution is -2.53. The van der Waals surface area contributed by atoms with Crippen molar-refractivity contribution in [1.29, 1.82) is 5.26 Å². The van der Waals surface area contributed by atoms with Crippen LogP contribution in [0.15, 0.2) is 53.5 Å². The molecular weight excluding hydrogens is 677 g/mol. The molecule has 0 N–H and O–H groups in total. The van der Waals surface area contributed by atoms with E-state index in [0.717, 1.165) is 23.0 Å². The molecule has 2 atom stereocenters. The molecule has 4 heterocycles. The number of alkyl halides is 1. The fourth-order valence-electron chi connectivity index (χ4n) is 6.91. The third-order valence-electron chi connectivity index (χ3n) is 8.94. The average Bonchev–Trinajstić information content (AvgIpc) is 3.73. The maximum Gasteiger partial charge on any atom is 0.410 e. The molecule has 14 heteroatoms. The molecule has 1 amide bonds. The highest BCUT2D eigenvalue weighted by Crippen LogP contribution is 2.55. The largest absolute Gasteiger partial charge is 0.480 e. The Kier molecular flexibility index (Phi) is 8.17. The van der Waals surface area contributed by atoms with E-state index in [2.05, 4.69) is 5.10 Å². The Labute approximate surface area is 289 Å². The molecule has 3 aliphatic rings. The minimum atomic E-state index is -1.27. The predicted molar refractivity (Wildman–Crippen MR) is 175 cm³/mol. The van der Waals surface area contributed by atoms with E-state index in [9.17, 15) is 19.2 Å². The third-order valence-corrected chi connectivity index (χ3v) is 9.31. The summed E-state index contributed by atoms with van der Waals surface area (Å²) in [5, 5.41) is 13.7. The van der Waals surface area contributed by atoms with Crippen molar-refractivity contribution in [3.63, 3.8) is 0 Å². The van der Waals surface area contributed by atoms with E-state index in [1.54, 1.807) is 25.7 Å². The number of nitrogens with zero attached hydrogens (tertiary/aromatic N) is 4. The molecular formula is C36H30ClF3N4O6. The molecule has 1 aromatic heterocycles. The molecule has 0 spiro atoms. The molecule has 0 bridgehead atoms. The van der Waals surface area contributed by atoms with Crippen LogP contribution in [0.5, 0.6) is 28.7 Å². The van der Waals surface area contributed by atoms with Crippen LogP contribution in [0, 0.1) is 23.0 Å². The summed E-state index contributed by atoms with van der Waals surface area (Å²) in [6.07, 6.45) is 1.74. The summed E-state index contributed by atoms with van der Waals surface area (Å²) < 4.78 is 70.2. The highest BCUT2D eigenvalue weighted by Gasteiger charge is 2.54. The van der Waals surface area contributed by atoms with E-state index in [-0.39, 0.29) is 52.7 Å². The van der Waals surface area contributed by atoms with Gasteiger partial charge in [-0.15, -0.1) is 0 Å². The summed E-state index contributed by atoms with van der Waals surface area (Å²) in [4.78, 5) is 28.0. The standard InChI is InChI=1S/C36H30ClF3N4O6/c1-35(2,3)50-34(46)43-12-7-10-26(43)36(20-8-5-4-6-9-20)16-21-23(49-36)15-22(39)29(37)28(21)27-19(17-41)14-24-31(30(27)40)48-25-18-42-44(13-11-38)33(45)32(25)47-24/h4-6,8-9,14-15,18,26H,7,10-13,16H2,1-3H3/t26-,36-/m0/s1. The number of amides is 1.